The van der Waals surface area contributed by atoms with Crippen molar-refractivity contribution in [2.24, 2.45) is 0 Å². The topological polar surface area (TPSA) is 29.0 Å². The van der Waals surface area contributed by atoms with E-state index in [1.165, 1.54) is 37.5 Å². The fraction of sp³-hybridized carbons (Fsp3) is 0.750. The van der Waals surface area contributed by atoms with Gasteiger partial charge in [-0.2, -0.15) is 8.75 Å². The van der Waals surface area contributed by atoms with Crippen molar-refractivity contribution in [2.75, 3.05) is 13.6 Å². The van der Waals surface area contributed by atoms with E-state index in [-0.39, 0.29) is 0 Å². The molecule has 4 heteroatoms. The molecule has 2 heterocycles. The van der Waals surface area contributed by atoms with Crippen molar-refractivity contribution in [1.82, 2.24) is 13.6 Å². The van der Waals surface area contributed by atoms with Crippen LogP contribution in [0.1, 0.15) is 31.0 Å². The van der Waals surface area contributed by atoms with Crippen molar-refractivity contribution in [3.63, 3.8) is 0 Å². The van der Waals surface area contributed by atoms with Crippen molar-refractivity contribution in [3.8, 4) is 0 Å². The van der Waals surface area contributed by atoms with Crippen molar-refractivity contribution < 1.29 is 0 Å². The molecule has 0 radical (unpaired) electrons. The second-order valence-electron chi connectivity index (χ2n) is 3.32. The van der Waals surface area contributed by atoms with Gasteiger partial charge in [0.25, 0.3) is 0 Å². The molecule has 2 rings (SSSR count). The van der Waals surface area contributed by atoms with Crippen LogP contribution in [0.5, 0.6) is 0 Å². The highest BCUT2D eigenvalue weighted by Crippen LogP contribution is 2.27. The summed E-state index contributed by atoms with van der Waals surface area (Å²) in [5.74, 6) is 0. The van der Waals surface area contributed by atoms with Crippen molar-refractivity contribution >= 4 is 11.7 Å². The quantitative estimate of drug-likeness (QED) is 0.663. The van der Waals surface area contributed by atoms with Crippen LogP contribution in [0.3, 0.4) is 0 Å². The Morgan fingerprint density at radius 3 is 3.17 bits per heavy atom. The molecule has 3 nitrogen and oxygen atoms in total. The van der Waals surface area contributed by atoms with E-state index in [0.29, 0.717) is 6.04 Å². The van der Waals surface area contributed by atoms with Crippen LogP contribution < -0.4 is 0 Å². The Kier molecular flexibility index (Phi) is 2.37. The highest BCUT2D eigenvalue weighted by molar-refractivity contribution is 6.99. The SMILES string of the molecule is CN1CCCCC1c1cnsn1. The molecule has 12 heavy (non-hydrogen) atoms. The molecule has 0 saturated carbocycles. The lowest BCUT2D eigenvalue weighted by Crippen LogP contribution is -2.29. The molecule has 0 aromatic carbocycles. The molecule has 1 fully saturated rings. The smallest absolute Gasteiger partial charge is 0.0914 e. The van der Waals surface area contributed by atoms with Gasteiger partial charge in [-0.15, -0.1) is 0 Å². The zero-order chi connectivity index (χ0) is 8.39. The zero-order valence-electron chi connectivity index (χ0n) is 7.23. The van der Waals surface area contributed by atoms with E-state index in [1.807, 2.05) is 6.20 Å². The Bertz CT molecular complexity index is 234. The van der Waals surface area contributed by atoms with Crippen LogP contribution in [0.25, 0.3) is 0 Å². The molecule has 1 saturated heterocycles. The minimum Gasteiger partial charge on any atom is -0.298 e. The van der Waals surface area contributed by atoms with E-state index in [2.05, 4.69) is 20.7 Å². The van der Waals surface area contributed by atoms with Crippen LogP contribution in [-0.2, 0) is 0 Å². The Hall–Kier alpha value is -0.480. The summed E-state index contributed by atoms with van der Waals surface area (Å²) >= 11 is 1.31. The fourth-order valence-corrected chi connectivity index (χ4v) is 2.23. The van der Waals surface area contributed by atoms with E-state index >= 15 is 0 Å². The highest BCUT2D eigenvalue weighted by Gasteiger charge is 2.22. The molecule has 0 spiro atoms. The number of rotatable bonds is 1. The normalized spacial score (nSPS) is 25.9. The number of aromatic nitrogens is 2. The lowest BCUT2D eigenvalue weighted by atomic mass is 10.0. The Labute approximate surface area is 76.7 Å². The lowest BCUT2D eigenvalue weighted by Gasteiger charge is -2.30. The van der Waals surface area contributed by atoms with E-state index in [9.17, 15) is 0 Å². The summed E-state index contributed by atoms with van der Waals surface area (Å²) in [5, 5.41) is 0. The van der Waals surface area contributed by atoms with Crippen LogP contribution in [0.15, 0.2) is 6.20 Å². The first-order valence-corrected chi connectivity index (χ1v) is 5.08. The molecular formula is C8H13N3S. The predicted octanol–water partition coefficient (Wildman–Crippen LogP) is 1.69. The first-order valence-electron chi connectivity index (χ1n) is 4.35. The summed E-state index contributed by atoms with van der Waals surface area (Å²) < 4.78 is 8.31. The van der Waals surface area contributed by atoms with Crippen LogP contribution >= 0.6 is 11.7 Å². The second kappa shape index (κ2) is 3.49. The summed E-state index contributed by atoms with van der Waals surface area (Å²) in [6, 6.07) is 0.525. The maximum atomic E-state index is 4.28. The molecule has 1 aliphatic rings. The molecule has 66 valence electrons. The van der Waals surface area contributed by atoms with Crippen molar-refractivity contribution in [2.45, 2.75) is 25.3 Å². The van der Waals surface area contributed by atoms with Gasteiger partial charge in [-0.3, -0.25) is 4.90 Å². The molecule has 0 N–H and O–H groups in total. The van der Waals surface area contributed by atoms with Crippen LogP contribution in [0.4, 0.5) is 0 Å². The van der Waals surface area contributed by atoms with E-state index in [4.69, 9.17) is 0 Å². The van der Waals surface area contributed by atoms with Gasteiger partial charge in [-0.25, -0.2) is 0 Å². The first-order chi connectivity index (χ1) is 5.88. The van der Waals surface area contributed by atoms with Crippen molar-refractivity contribution in [1.29, 1.82) is 0 Å². The fourth-order valence-electron chi connectivity index (χ4n) is 1.77. The van der Waals surface area contributed by atoms with Gasteiger partial charge in [0.2, 0.25) is 0 Å². The third-order valence-corrected chi connectivity index (χ3v) is 2.98. The Morgan fingerprint density at radius 2 is 2.50 bits per heavy atom. The van der Waals surface area contributed by atoms with Gasteiger partial charge in [0.1, 0.15) is 0 Å². The van der Waals surface area contributed by atoms with Gasteiger partial charge in [0.05, 0.1) is 29.7 Å². The third-order valence-electron chi connectivity index (χ3n) is 2.49. The summed E-state index contributed by atoms with van der Waals surface area (Å²) in [7, 11) is 2.17. The number of likely N-dealkylation sites (tertiary alicyclic amines) is 1. The maximum Gasteiger partial charge on any atom is 0.0914 e. The van der Waals surface area contributed by atoms with Crippen LogP contribution in [0.2, 0.25) is 0 Å². The van der Waals surface area contributed by atoms with Crippen LogP contribution in [0, 0.1) is 0 Å². The second-order valence-corrected chi connectivity index (χ2v) is 3.88. The van der Waals surface area contributed by atoms with E-state index in [0.717, 1.165) is 5.69 Å². The molecule has 0 bridgehead atoms. The largest absolute Gasteiger partial charge is 0.298 e. The van der Waals surface area contributed by atoms with E-state index < -0.39 is 0 Å². The average Bonchev–Trinajstić information content (AvgIpc) is 2.57. The Morgan fingerprint density at radius 1 is 1.58 bits per heavy atom. The number of piperidine rings is 1. The zero-order valence-corrected chi connectivity index (χ0v) is 8.05. The minimum absolute atomic E-state index is 0.525. The number of nitrogens with zero attached hydrogens (tertiary/aromatic N) is 3. The van der Waals surface area contributed by atoms with Gasteiger partial charge in [0.15, 0.2) is 0 Å². The summed E-state index contributed by atoms with van der Waals surface area (Å²) in [6.45, 7) is 1.20. The minimum atomic E-state index is 0.525. The predicted molar refractivity (Wildman–Crippen MR) is 49.1 cm³/mol. The lowest BCUT2D eigenvalue weighted by molar-refractivity contribution is 0.184. The molecule has 0 amide bonds. The molecule has 1 aromatic heterocycles. The van der Waals surface area contributed by atoms with Gasteiger partial charge in [-0.05, 0) is 26.4 Å². The molecule has 1 atom stereocenters. The molecular weight excluding hydrogens is 170 g/mol. The monoisotopic (exact) mass is 183 g/mol. The van der Waals surface area contributed by atoms with Gasteiger partial charge < -0.3 is 0 Å². The molecule has 1 unspecified atom stereocenters. The third kappa shape index (κ3) is 1.49. The standard InChI is InChI=1S/C8H13N3S/c1-11-5-3-2-4-8(11)7-6-9-12-10-7/h6,8H,2-5H2,1H3. The Balaban J connectivity index is 2.11. The molecule has 0 aliphatic carbocycles. The maximum absolute atomic E-state index is 4.28. The molecule has 1 aromatic rings. The summed E-state index contributed by atoms with van der Waals surface area (Å²) in [6.07, 6.45) is 5.79. The average molecular weight is 183 g/mol. The molecule has 1 aliphatic heterocycles. The highest BCUT2D eigenvalue weighted by atomic mass is 32.1. The van der Waals surface area contributed by atoms with Crippen molar-refractivity contribution in [3.05, 3.63) is 11.9 Å². The van der Waals surface area contributed by atoms with Crippen LogP contribution in [-0.4, -0.2) is 27.2 Å². The first kappa shape index (κ1) is 8.13. The van der Waals surface area contributed by atoms with Gasteiger partial charge in [0, 0.05) is 0 Å². The summed E-state index contributed by atoms with van der Waals surface area (Å²) in [5.41, 5.74) is 1.15. The van der Waals surface area contributed by atoms with E-state index in [1.54, 1.807) is 0 Å². The number of hydrogen-bond donors (Lipinski definition) is 0. The van der Waals surface area contributed by atoms with Gasteiger partial charge in [-0.1, -0.05) is 6.42 Å². The number of hydrogen-bond acceptors (Lipinski definition) is 4. The summed E-state index contributed by atoms with van der Waals surface area (Å²) in [4.78, 5) is 2.38. The van der Waals surface area contributed by atoms with Gasteiger partial charge >= 0.3 is 0 Å².